The lowest BCUT2D eigenvalue weighted by molar-refractivity contribution is -0.137. The van der Waals surface area contributed by atoms with E-state index in [1.807, 2.05) is 0 Å². The summed E-state index contributed by atoms with van der Waals surface area (Å²) in [5.41, 5.74) is 6.21. The van der Waals surface area contributed by atoms with Crippen LogP contribution < -0.4 is 10.5 Å². The summed E-state index contributed by atoms with van der Waals surface area (Å²) in [6.07, 6.45) is 0. The van der Waals surface area contributed by atoms with Crippen molar-refractivity contribution in [2.24, 2.45) is 0 Å². The summed E-state index contributed by atoms with van der Waals surface area (Å²) in [5.74, 6) is -0.972. The van der Waals surface area contributed by atoms with Gasteiger partial charge < -0.3 is 20.5 Å². The maximum Gasteiger partial charge on any atom is 0.323 e. The highest BCUT2D eigenvalue weighted by Gasteiger charge is 2.17. The molecule has 1 aromatic rings. The number of aliphatic carboxylic acids is 1. The third-order valence-electron chi connectivity index (χ3n) is 2.21. The predicted molar refractivity (Wildman–Crippen MR) is 62.0 cm³/mol. The number of rotatable bonds is 4. The molecule has 1 rings (SSSR count). The summed E-state index contributed by atoms with van der Waals surface area (Å²) in [7, 11) is 2.90. The molecule has 0 aromatic heterocycles. The van der Waals surface area contributed by atoms with Crippen molar-refractivity contribution in [1.82, 2.24) is 4.90 Å². The van der Waals surface area contributed by atoms with Crippen molar-refractivity contribution in [3.8, 4) is 5.75 Å². The molecule has 3 N–H and O–H groups in total. The Bertz CT molecular complexity index is 445. The van der Waals surface area contributed by atoms with E-state index in [9.17, 15) is 9.59 Å². The Labute approximate surface area is 98.6 Å². The zero-order valence-electron chi connectivity index (χ0n) is 9.64. The Balaban J connectivity index is 2.92. The number of nitrogens with zero attached hydrogens (tertiary/aromatic N) is 1. The lowest BCUT2D eigenvalue weighted by Gasteiger charge is -2.16. The number of carboxylic acid groups (broad SMARTS) is 1. The van der Waals surface area contributed by atoms with Crippen LogP contribution in [0.2, 0.25) is 0 Å². The van der Waals surface area contributed by atoms with Crippen molar-refractivity contribution in [1.29, 1.82) is 0 Å². The number of benzene rings is 1. The average Bonchev–Trinajstić information content (AvgIpc) is 2.27. The van der Waals surface area contributed by atoms with Crippen molar-refractivity contribution < 1.29 is 19.4 Å². The van der Waals surface area contributed by atoms with Gasteiger partial charge in [-0.25, -0.2) is 0 Å². The number of ether oxygens (including phenoxy) is 1. The van der Waals surface area contributed by atoms with Crippen LogP contribution >= 0.6 is 0 Å². The molecular weight excluding hydrogens is 224 g/mol. The van der Waals surface area contributed by atoms with E-state index in [1.54, 1.807) is 6.07 Å². The number of carbonyl (C=O) groups excluding carboxylic acids is 1. The molecule has 6 heteroatoms. The number of nitrogens with two attached hydrogens (primary N) is 1. The van der Waals surface area contributed by atoms with Crippen molar-refractivity contribution in [2.75, 3.05) is 26.4 Å². The van der Waals surface area contributed by atoms with E-state index < -0.39 is 11.9 Å². The monoisotopic (exact) mass is 238 g/mol. The predicted octanol–water partition coefficient (Wildman–Crippen LogP) is 0.434. The number of anilines is 1. The molecule has 6 nitrogen and oxygen atoms in total. The zero-order chi connectivity index (χ0) is 13.0. The minimum Gasteiger partial charge on any atom is -0.497 e. The Kier molecular flexibility index (Phi) is 3.92. The Morgan fingerprint density at radius 2 is 2.12 bits per heavy atom. The summed E-state index contributed by atoms with van der Waals surface area (Å²) in [6.45, 7) is -0.371. The lowest BCUT2D eigenvalue weighted by Crippen LogP contribution is -2.32. The molecule has 0 fully saturated rings. The first-order valence-electron chi connectivity index (χ1n) is 4.86. The summed E-state index contributed by atoms with van der Waals surface area (Å²) in [6, 6.07) is 4.62. The van der Waals surface area contributed by atoms with Crippen molar-refractivity contribution in [3.05, 3.63) is 23.8 Å². The van der Waals surface area contributed by atoms with E-state index in [4.69, 9.17) is 15.6 Å². The molecule has 92 valence electrons. The van der Waals surface area contributed by atoms with E-state index in [-0.39, 0.29) is 17.8 Å². The summed E-state index contributed by atoms with van der Waals surface area (Å²) in [5, 5.41) is 8.59. The molecule has 0 aliphatic heterocycles. The van der Waals surface area contributed by atoms with Gasteiger partial charge in [0.1, 0.15) is 12.3 Å². The molecule has 0 unspecified atom stereocenters. The van der Waals surface area contributed by atoms with Gasteiger partial charge in [0.25, 0.3) is 5.91 Å². The fourth-order valence-corrected chi connectivity index (χ4v) is 1.34. The van der Waals surface area contributed by atoms with Gasteiger partial charge in [0.2, 0.25) is 0 Å². The van der Waals surface area contributed by atoms with E-state index in [0.29, 0.717) is 5.75 Å². The van der Waals surface area contributed by atoms with Gasteiger partial charge in [0.15, 0.2) is 0 Å². The third kappa shape index (κ3) is 3.10. The molecule has 0 bridgehead atoms. The summed E-state index contributed by atoms with van der Waals surface area (Å²) < 4.78 is 4.96. The van der Waals surface area contributed by atoms with E-state index >= 15 is 0 Å². The largest absolute Gasteiger partial charge is 0.497 e. The standard InChI is InChI=1S/C11H14N2O4/c1-13(6-10(14)15)11(16)8-4-3-7(17-2)5-9(8)12/h3-5H,6,12H2,1-2H3,(H,14,15). The molecule has 0 heterocycles. The number of nitrogen functional groups attached to an aromatic ring is 1. The molecule has 1 amide bonds. The SMILES string of the molecule is COc1ccc(C(=O)N(C)CC(=O)O)c(N)c1. The van der Waals surface area contributed by atoms with Gasteiger partial charge in [-0.2, -0.15) is 0 Å². The topological polar surface area (TPSA) is 92.9 Å². The van der Waals surface area contributed by atoms with E-state index in [2.05, 4.69) is 0 Å². The van der Waals surface area contributed by atoms with Gasteiger partial charge in [0, 0.05) is 18.8 Å². The Hall–Kier alpha value is -2.24. The van der Waals surface area contributed by atoms with Gasteiger partial charge >= 0.3 is 5.97 Å². The summed E-state index contributed by atoms with van der Waals surface area (Å²) >= 11 is 0. The fraction of sp³-hybridized carbons (Fsp3) is 0.273. The lowest BCUT2D eigenvalue weighted by atomic mass is 10.1. The van der Waals surface area contributed by atoms with Gasteiger partial charge in [-0.3, -0.25) is 9.59 Å². The number of hydrogen-bond donors (Lipinski definition) is 2. The molecular formula is C11H14N2O4. The second-order valence-electron chi connectivity index (χ2n) is 3.51. The average molecular weight is 238 g/mol. The molecule has 0 atom stereocenters. The molecule has 0 aliphatic rings. The van der Waals surface area contributed by atoms with E-state index in [0.717, 1.165) is 4.90 Å². The van der Waals surface area contributed by atoms with Crippen LogP contribution in [0.5, 0.6) is 5.75 Å². The Morgan fingerprint density at radius 3 is 2.59 bits per heavy atom. The van der Waals surface area contributed by atoms with Crippen LogP contribution in [0.15, 0.2) is 18.2 Å². The molecule has 0 saturated heterocycles. The molecule has 0 radical (unpaired) electrons. The highest BCUT2D eigenvalue weighted by Crippen LogP contribution is 2.20. The highest BCUT2D eigenvalue weighted by atomic mass is 16.5. The van der Waals surface area contributed by atoms with Gasteiger partial charge in [-0.1, -0.05) is 0 Å². The smallest absolute Gasteiger partial charge is 0.323 e. The quantitative estimate of drug-likeness (QED) is 0.742. The van der Waals surface area contributed by atoms with Crippen LogP contribution in [0.1, 0.15) is 10.4 Å². The van der Waals surface area contributed by atoms with Crippen molar-refractivity contribution >= 4 is 17.6 Å². The van der Waals surface area contributed by atoms with Crippen molar-refractivity contribution in [3.63, 3.8) is 0 Å². The zero-order valence-corrected chi connectivity index (χ0v) is 9.64. The second-order valence-corrected chi connectivity index (χ2v) is 3.51. The van der Waals surface area contributed by atoms with Gasteiger partial charge in [0.05, 0.1) is 12.7 Å². The summed E-state index contributed by atoms with van der Waals surface area (Å²) in [4.78, 5) is 23.4. The van der Waals surface area contributed by atoms with Crippen molar-refractivity contribution in [2.45, 2.75) is 0 Å². The minimum absolute atomic E-state index is 0.256. The number of carbonyl (C=O) groups is 2. The number of amides is 1. The highest BCUT2D eigenvalue weighted by molar-refractivity contribution is 6.00. The third-order valence-corrected chi connectivity index (χ3v) is 2.21. The number of likely N-dealkylation sites (N-methyl/N-ethyl adjacent to an activating group) is 1. The molecule has 0 spiro atoms. The van der Waals surface area contributed by atoms with Crippen LogP contribution in [0, 0.1) is 0 Å². The first kappa shape index (κ1) is 12.8. The minimum atomic E-state index is -1.08. The second kappa shape index (κ2) is 5.20. The maximum absolute atomic E-state index is 11.8. The van der Waals surface area contributed by atoms with Crippen LogP contribution in [-0.2, 0) is 4.79 Å². The van der Waals surface area contributed by atoms with Crippen LogP contribution in [0.3, 0.4) is 0 Å². The van der Waals surface area contributed by atoms with Crippen LogP contribution in [-0.4, -0.2) is 42.6 Å². The van der Waals surface area contributed by atoms with E-state index in [1.165, 1.54) is 26.3 Å². The maximum atomic E-state index is 11.8. The first-order chi connectivity index (χ1) is 7.95. The molecule has 0 saturated carbocycles. The molecule has 1 aromatic carbocycles. The number of hydrogen-bond acceptors (Lipinski definition) is 4. The van der Waals surface area contributed by atoms with Gasteiger partial charge in [-0.05, 0) is 12.1 Å². The normalized spacial score (nSPS) is 9.76. The molecule has 17 heavy (non-hydrogen) atoms. The number of carboxylic acids is 1. The first-order valence-corrected chi connectivity index (χ1v) is 4.86. The molecule has 0 aliphatic carbocycles. The van der Waals surface area contributed by atoms with Crippen LogP contribution in [0.25, 0.3) is 0 Å². The fourth-order valence-electron chi connectivity index (χ4n) is 1.34. The van der Waals surface area contributed by atoms with Crippen LogP contribution in [0.4, 0.5) is 5.69 Å². The number of methoxy groups -OCH3 is 1. The van der Waals surface area contributed by atoms with Gasteiger partial charge in [-0.15, -0.1) is 0 Å². The Morgan fingerprint density at radius 1 is 1.47 bits per heavy atom.